The van der Waals surface area contributed by atoms with Crippen LogP contribution in [0.3, 0.4) is 0 Å². The van der Waals surface area contributed by atoms with E-state index in [-0.39, 0.29) is 5.41 Å². The first kappa shape index (κ1) is 17.1. The highest BCUT2D eigenvalue weighted by Crippen LogP contribution is 2.31. The second-order valence-electron chi connectivity index (χ2n) is 7.28. The molecule has 0 aliphatic rings. The molecule has 1 heterocycles. The number of imidazole rings is 1. The van der Waals surface area contributed by atoms with Gasteiger partial charge in [-0.25, -0.2) is 4.98 Å². The summed E-state index contributed by atoms with van der Waals surface area (Å²) in [7, 11) is 1.96. The Kier molecular flexibility index (Phi) is 4.53. The lowest BCUT2D eigenvalue weighted by Crippen LogP contribution is -2.17. The van der Waals surface area contributed by atoms with Crippen LogP contribution in [0.25, 0.3) is 11.3 Å². The zero-order chi connectivity index (χ0) is 18.0. The molecular weight excluding hydrogens is 310 g/mol. The number of benzene rings is 2. The van der Waals surface area contributed by atoms with E-state index in [1.54, 1.807) is 0 Å². The predicted molar refractivity (Wildman–Crippen MR) is 103 cm³/mol. The summed E-state index contributed by atoms with van der Waals surface area (Å²) >= 11 is 0. The number of anilines is 1. The molecule has 0 saturated heterocycles. The van der Waals surface area contributed by atoms with Gasteiger partial charge in [0.2, 0.25) is 0 Å². The molecule has 0 fully saturated rings. The van der Waals surface area contributed by atoms with Gasteiger partial charge in [-0.15, -0.1) is 0 Å². The molecule has 2 N–H and O–H groups in total. The number of rotatable bonds is 4. The number of hydrogen-bond donors (Lipinski definition) is 1. The summed E-state index contributed by atoms with van der Waals surface area (Å²) in [4.78, 5) is 4.77. The summed E-state index contributed by atoms with van der Waals surface area (Å²) in [6.07, 6.45) is 0. The van der Waals surface area contributed by atoms with Crippen molar-refractivity contribution in [3.05, 3.63) is 66.0 Å². The molecule has 0 bridgehead atoms. The summed E-state index contributed by atoms with van der Waals surface area (Å²) in [5, 5.41) is 0. The van der Waals surface area contributed by atoms with Crippen molar-refractivity contribution in [1.29, 1.82) is 0 Å². The van der Waals surface area contributed by atoms with Crippen LogP contribution in [-0.2, 0) is 19.1 Å². The van der Waals surface area contributed by atoms with Gasteiger partial charge in [-0.05, 0) is 29.8 Å². The number of aromatic nitrogens is 2. The Labute approximate surface area is 149 Å². The van der Waals surface area contributed by atoms with E-state index in [1.807, 2.05) is 54.1 Å². The molecule has 0 unspecified atom stereocenters. The molecule has 0 amide bonds. The molecule has 3 rings (SSSR count). The van der Waals surface area contributed by atoms with Crippen molar-refractivity contribution < 1.29 is 4.74 Å². The molecule has 0 saturated carbocycles. The van der Waals surface area contributed by atoms with Crippen LogP contribution in [0.5, 0.6) is 5.75 Å². The molecule has 4 nitrogen and oxygen atoms in total. The summed E-state index contributed by atoms with van der Waals surface area (Å²) in [6, 6.07) is 18.1. The molecule has 0 aliphatic heterocycles. The highest BCUT2D eigenvalue weighted by Gasteiger charge is 2.23. The van der Waals surface area contributed by atoms with Crippen LogP contribution in [0.4, 0.5) is 5.82 Å². The van der Waals surface area contributed by atoms with Gasteiger partial charge in [0, 0.05) is 18.0 Å². The standard InChI is InChI=1S/C21H25N3O/c1-21(2,3)20-23-18(19(22)24(20)4)16-10-12-17(13-11-16)25-14-15-8-6-5-7-9-15/h5-13H,14,22H2,1-4H3. The normalized spacial score (nSPS) is 11.5. The van der Waals surface area contributed by atoms with Gasteiger partial charge in [0.1, 0.15) is 29.7 Å². The van der Waals surface area contributed by atoms with Crippen molar-refractivity contribution >= 4 is 5.82 Å². The fourth-order valence-electron chi connectivity index (χ4n) is 2.84. The van der Waals surface area contributed by atoms with E-state index in [1.165, 1.54) is 0 Å². The molecule has 25 heavy (non-hydrogen) atoms. The smallest absolute Gasteiger partial charge is 0.131 e. The maximum absolute atomic E-state index is 6.27. The second-order valence-corrected chi connectivity index (χ2v) is 7.28. The van der Waals surface area contributed by atoms with Crippen molar-refractivity contribution in [3.8, 4) is 17.0 Å². The molecule has 4 heteroatoms. The summed E-state index contributed by atoms with van der Waals surface area (Å²) in [6.45, 7) is 6.97. The average molecular weight is 335 g/mol. The minimum absolute atomic E-state index is 0.0557. The highest BCUT2D eigenvalue weighted by molar-refractivity contribution is 5.71. The number of ether oxygens (including phenoxy) is 1. The van der Waals surface area contributed by atoms with Gasteiger partial charge in [0.05, 0.1) is 0 Å². The first-order valence-corrected chi connectivity index (χ1v) is 8.46. The van der Waals surface area contributed by atoms with Crippen LogP contribution < -0.4 is 10.5 Å². The quantitative estimate of drug-likeness (QED) is 0.761. The second kappa shape index (κ2) is 6.63. The monoisotopic (exact) mass is 335 g/mol. The molecule has 1 aromatic heterocycles. The van der Waals surface area contributed by atoms with Crippen LogP contribution in [0.1, 0.15) is 32.2 Å². The minimum atomic E-state index is -0.0557. The van der Waals surface area contributed by atoms with Gasteiger partial charge in [-0.1, -0.05) is 51.1 Å². The Morgan fingerprint density at radius 1 is 1.00 bits per heavy atom. The van der Waals surface area contributed by atoms with Crippen molar-refractivity contribution in [2.75, 3.05) is 5.73 Å². The number of nitrogens with two attached hydrogens (primary N) is 1. The van der Waals surface area contributed by atoms with Gasteiger partial charge in [-0.3, -0.25) is 0 Å². The molecule has 3 aromatic rings. The van der Waals surface area contributed by atoms with Gasteiger partial charge < -0.3 is 15.0 Å². The summed E-state index contributed by atoms with van der Waals surface area (Å²) in [5.41, 5.74) is 9.18. The van der Waals surface area contributed by atoms with E-state index < -0.39 is 0 Å². The Balaban J connectivity index is 1.79. The Morgan fingerprint density at radius 3 is 2.20 bits per heavy atom. The lowest BCUT2D eigenvalue weighted by Gasteiger charge is -2.17. The minimum Gasteiger partial charge on any atom is -0.489 e. The zero-order valence-electron chi connectivity index (χ0n) is 15.3. The van der Waals surface area contributed by atoms with E-state index in [0.29, 0.717) is 12.4 Å². The summed E-state index contributed by atoms with van der Waals surface area (Å²) < 4.78 is 7.81. The summed E-state index contributed by atoms with van der Waals surface area (Å²) in [5.74, 6) is 2.49. The fourth-order valence-corrected chi connectivity index (χ4v) is 2.84. The predicted octanol–water partition coefficient (Wildman–Crippen LogP) is 4.55. The number of nitrogens with zero attached hydrogens (tertiary/aromatic N) is 2. The Hall–Kier alpha value is -2.75. The van der Waals surface area contributed by atoms with Gasteiger partial charge >= 0.3 is 0 Å². The van der Waals surface area contributed by atoms with Crippen molar-refractivity contribution in [3.63, 3.8) is 0 Å². The molecule has 0 atom stereocenters. The van der Waals surface area contributed by atoms with Crippen molar-refractivity contribution in [2.24, 2.45) is 7.05 Å². The Bertz CT molecular complexity index is 843. The number of nitrogen functional groups attached to an aromatic ring is 1. The van der Waals surface area contributed by atoms with Crippen molar-refractivity contribution in [1.82, 2.24) is 9.55 Å². The van der Waals surface area contributed by atoms with E-state index in [4.69, 9.17) is 15.5 Å². The molecular formula is C21H25N3O. The molecule has 0 spiro atoms. The third-order valence-electron chi connectivity index (χ3n) is 4.19. The maximum atomic E-state index is 6.27. The first-order valence-electron chi connectivity index (χ1n) is 8.46. The zero-order valence-corrected chi connectivity index (χ0v) is 15.3. The average Bonchev–Trinajstić information content (AvgIpc) is 2.90. The highest BCUT2D eigenvalue weighted by atomic mass is 16.5. The first-order chi connectivity index (χ1) is 11.9. The maximum Gasteiger partial charge on any atom is 0.131 e. The SMILES string of the molecule is Cn1c(C(C)(C)C)nc(-c2ccc(OCc3ccccc3)cc2)c1N. The fraction of sp³-hybridized carbons (Fsp3) is 0.286. The third-order valence-corrected chi connectivity index (χ3v) is 4.19. The van der Waals surface area contributed by atoms with Gasteiger partial charge in [0.15, 0.2) is 0 Å². The van der Waals surface area contributed by atoms with E-state index in [9.17, 15) is 0 Å². The lowest BCUT2D eigenvalue weighted by molar-refractivity contribution is 0.306. The van der Waals surface area contributed by atoms with Crippen LogP contribution in [0.2, 0.25) is 0 Å². The Morgan fingerprint density at radius 2 is 1.64 bits per heavy atom. The van der Waals surface area contributed by atoms with Gasteiger partial charge in [0.25, 0.3) is 0 Å². The van der Waals surface area contributed by atoms with Crippen LogP contribution in [0, 0.1) is 0 Å². The molecule has 2 aromatic carbocycles. The molecule has 130 valence electrons. The van der Waals surface area contributed by atoms with E-state index in [2.05, 4.69) is 32.9 Å². The van der Waals surface area contributed by atoms with Crippen LogP contribution >= 0.6 is 0 Å². The molecule has 0 radical (unpaired) electrons. The topological polar surface area (TPSA) is 53.1 Å². The lowest BCUT2D eigenvalue weighted by atomic mass is 9.96. The van der Waals surface area contributed by atoms with Crippen molar-refractivity contribution in [2.45, 2.75) is 32.8 Å². The van der Waals surface area contributed by atoms with E-state index >= 15 is 0 Å². The van der Waals surface area contributed by atoms with E-state index in [0.717, 1.165) is 28.4 Å². The van der Waals surface area contributed by atoms with Crippen LogP contribution in [-0.4, -0.2) is 9.55 Å². The third kappa shape index (κ3) is 3.68. The van der Waals surface area contributed by atoms with Crippen LogP contribution in [0.15, 0.2) is 54.6 Å². The molecule has 0 aliphatic carbocycles. The largest absolute Gasteiger partial charge is 0.489 e. The van der Waals surface area contributed by atoms with Gasteiger partial charge in [-0.2, -0.15) is 0 Å². The number of hydrogen-bond acceptors (Lipinski definition) is 3.